The summed E-state index contributed by atoms with van der Waals surface area (Å²) in [6, 6.07) is 8.51. The van der Waals surface area contributed by atoms with Crippen molar-refractivity contribution in [3.05, 3.63) is 35.4 Å². The first-order valence-electron chi connectivity index (χ1n) is 3.81. The molecule has 1 aromatic carbocycles. The standard InChI is InChI=1S/C10H12F/c1-8(2)10-6-4-3-5-9(10)7-11/h3-5,8H,7H2,1-2H3. The summed E-state index contributed by atoms with van der Waals surface area (Å²) in [6.07, 6.45) is 0. The van der Waals surface area contributed by atoms with Gasteiger partial charge in [0, 0.05) is 0 Å². The minimum absolute atomic E-state index is 0.363. The van der Waals surface area contributed by atoms with E-state index in [1.165, 1.54) is 0 Å². The van der Waals surface area contributed by atoms with Gasteiger partial charge in [-0.15, -0.1) is 0 Å². The van der Waals surface area contributed by atoms with Gasteiger partial charge in [-0.3, -0.25) is 0 Å². The highest BCUT2D eigenvalue weighted by atomic mass is 19.1. The Hall–Kier alpha value is -0.850. The third kappa shape index (κ3) is 1.79. The molecule has 11 heavy (non-hydrogen) atoms. The van der Waals surface area contributed by atoms with E-state index in [0.717, 1.165) is 11.1 Å². The van der Waals surface area contributed by atoms with Crippen molar-refractivity contribution < 1.29 is 4.39 Å². The molecule has 1 radical (unpaired) electrons. The lowest BCUT2D eigenvalue weighted by Gasteiger charge is -2.08. The fourth-order valence-corrected chi connectivity index (χ4v) is 1.14. The van der Waals surface area contributed by atoms with Gasteiger partial charge in [-0.05, 0) is 23.1 Å². The maximum atomic E-state index is 12.3. The topological polar surface area (TPSA) is 0 Å². The zero-order chi connectivity index (χ0) is 8.27. The van der Waals surface area contributed by atoms with Crippen molar-refractivity contribution in [1.82, 2.24) is 0 Å². The largest absolute Gasteiger partial charge is 0.246 e. The number of hydrogen-bond donors (Lipinski definition) is 0. The molecule has 0 aliphatic rings. The van der Waals surface area contributed by atoms with Crippen molar-refractivity contribution in [3.63, 3.8) is 0 Å². The van der Waals surface area contributed by atoms with Crippen LogP contribution in [0.1, 0.15) is 30.9 Å². The van der Waals surface area contributed by atoms with E-state index in [9.17, 15) is 4.39 Å². The van der Waals surface area contributed by atoms with Gasteiger partial charge in [-0.2, -0.15) is 0 Å². The summed E-state index contributed by atoms with van der Waals surface area (Å²) >= 11 is 0. The van der Waals surface area contributed by atoms with Crippen LogP contribution in [-0.2, 0) is 6.67 Å². The predicted molar refractivity (Wildman–Crippen MR) is 44.2 cm³/mol. The molecule has 0 aliphatic carbocycles. The van der Waals surface area contributed by atoms with Crippen LogP contribution in [0, 0.1) is 6.07 Å². The molecule has 1 heteroatoms. The zero-order valence-corrected chi connectivity index (χ0v) is 6.89. The fourth-order valence-electron chi connectivity index (χ4n) is 1.14. The molecule has 1 rings (SSSR count). The molecule has 0 spiro atoms. The van der Waals surface area contributed by atoms with Crippen molar-refractivity contribution in [2.45, 2.75) is 26.4 Å². The number of benzene rings is 1. The molecule has 0 N–H and O–H groups in total. The molecule has 0 bridgehead atoms. The van der Waals surface area contributed by atoms with Gasteiger partial charge in [0.2, 0.25) is 0 Å². The molecule has 0 saturated heterocycles. The first kappa shape index (κ1) is 8.25. The van der Waals surface area contributed by atoms with Gasteiger partial charge in [-0.25, -0.2) is 4.39 Å². The van der Waals surface area contributed by atoms with Gasteiger partial charge in [0.25, 0.3) is 0 Å². The molecule has 0 atom stereocenters. The number of hydrogen-bond acceptors (Lipinski definition) is 0. The minimum atomic E-state index is -0.384. The van der Waals surface area contributed by atoms with Gasteiger partial charge in [0.15, 0.2) is 0 Å². The third-order valence-corrected chi connectivity index (χ3v) is 1.70. The molecular formula is C10H12F. The second-order valence-electron chi connectivity index (χ2n) is 2.90. The first-order valence-corrected chi connectivity index (χ1v) is 3.81. The molecule has 59 valence electrons. The Labute approximate surface area is 67.1 Å². The molecule has 0 heterocycles. The lowest BCUT2D eigenvalue weighted by molar-refractivity contribution is 0.481. The van der Waals surface area contributed by atoms with E-state index >= 15 is 0 Å². The van der Waals surface area contributed by atoms with Gasteiger partial charge in [-0.1, -0.05) is 32.0 Å². The SMILES string of the molecule is CC(C)c1[c]cccc1CF. The second-order valence-corrected chi connectivity index (χ2v) is 2.90. The van der Waals surface area contributed by atoms with Crippen molar-refractivity contribution in [2.75, 3.05) is 0 Å². The molecule has 0 aromatic heterocycles. The summed E-state index contributed by atoms with van der Waals surface area (Å²) in [6.45, 7) is 3.71. The lowest BCUT2D eigenvalue weighted by Crippen LogP contribution is -1.93. The highest BCUT2D eigenvalue weighted by Crippen LogP contribution is 2.18. The monoisotopic (exact) mass is 151 g/mol. The minimum Gasteiger partial charge on any atom is -0.246 e. The van der Waals surface area contributed by atoms with Crippen molar-refractivity contribution in [2.24, 2.45) is 0 Å². The van der Waals surface area contributed by atoms with Gasteiger partial charge in [0.05, 0.1) is 0 Å². The Kier molecular flexibility index (Phi) is 2.64. The quantitative estimate of drug-likeness (QED) is 0.609. The first-order chi connectivity index (χ1) is 5.25. The fraction of sp³-hybridized carbons (Fsp3) is 0.400. The molecule has 0 fully saturated rings. The highest BCUT2D eigenvalue weighted by Gasteiger charge is 2.04. The summed E-state index contributed by atoms with van der Waals surface area (Å²) in [5, 5.41) is 0. The van der Waals surface area contributed by atoms with E-state index in [0.29, 0.717) is 5.92 Å². The van der Waals surface area contributed by atoms with E-state index in [1.54, 1.807) is 0 Å². The maximum Gasteiger partial charge on any atom is 0.115 e. The number of halogens is 1. The normalized spacial score (nSPS) is 10.5. The Bertz CT molecular complexity index is 228. The Morgan fingerprint density at radius 1 is 1.55 bits per heavy atom. The summed E-state index contributed by atoms with van der Waals surface area (Å²) in [7, 11) is 0. The highest BCUT2D eigenvalue weighted by molar-refractivity contribution is 5.27. The van der Waals surface area contributed by atoms with E-state index in [-0.39, 0.29) is 6.67 Å². The molecular weight excluding hydrogens is 139 g/mol. The van der Waals surface area contributed by atoms with Crippen molar-refractivity contribution in [3.8, 4) is 0 Å². The lowest BCUT2D eigenvalue weighted by atomic mass is 9.98. The number of rotatable bonds is 2. The maximum absolute atomic E-state index is 12.3. The van der Waals surface area contributed by atoms with Crippen LogP contribution in [-0.4, -0.2) is 0 Å². The zero-order valence-electron chi connectivity index (χ0n) is 6.89. The molecule has 0 nitrogen and oxygen atoms in total. The summed E-state index contributed by atoms with van der Waals surface area (Å²) in [4.78, 5) is 0. The number of alkyl halides is 1. The smallest absolute Gasteiger partial charge is 0.115 e. The van der Waals surface area contributed by atoms with E-state index in [2.05, 4.69) is 6.07 Å². The van der Waals surface area contributed by atoms with Crippen LogP contribution in [0.2, 0.25) is 0 Å². The summed E-state index contributed by atoms with van der Waals surface area (Å²) in [5.41, 5.74) is 1.76. The van der Waals surface area contributed by atoms with Crippen LogP contribution < -0.4 is 0 Å². The molecule has 1 aromatic rings. The predicted octanol–water partition coefficient (Wildman–Crippen LogP) is 3.08. The van der Waals surface area contributed by atoms with Crippen LogP contribution in [0.3, 0.4) is 0 Å². The summed E-state index contributed by atoms with van der Waals surface area (Å²) < 4.78 is 12.3. The Balaban J connectivity index is 3.02. The van der Waals surface area contributed by atoms with Crippen LogP contribution >= 0.6 is 0 Å². The third-order valence-electron chi connectivity index (χ3n) is 1.70. The van der Waals surface area contributed by atoms with Crippen LogP contribution in [0.5, 0.6) is 0 Å². The van der Waals surface area contributed by atoms with E-state index < -0.39 is 0 Å². The van der Waals surface area contributed by atoms with Gasteiger partial charge in [0.1, 0.15) is 6.67 Å². The Morgan fingerprint density at radius 2 is 2.27 bits per heavy atom. The van der Waals surface area contributed by atoms with Crippen LogP contribution in [0.4, 0.5) is 4.39 Å². The van der Waals surface area contributed by atoms with Gasteiger partial charge >= 0.3 is 0 Å². The van der Waals surface area contributed by atoms with E-state index in [1.807, 2.05) is 32.0 Å². The molecule has 0 unspecified atom stereocenters. The van der Waals surface area contributed by atoms with Crippen LogP contribution in [0.25, 0.3) is 0 Å². The molecule has 0 aliphatic heterocycles. The van der Waals surface area contributed by atoms with Gasteiger partial charge < -0.3 is 0 Å². The van der Waals surface area contributed by atoms with Crippen molar-refractivity contribution in [1.29, 1.82) is 0 Å². The summed E-state index contributed by atoms with van der Waals surface area (Å²) in [5.74, 6) is 0.363. The average Bonchev–Trinajstić information content (AvgIpc) is 2.04. The molecule has 0 amide bonds. The molecule has 0 saturated carbocycles. The van der Waals surface area contributed by atoms with Crippen LogP contribution in [0.15, 0.2) is 18.2 Å². The second kappa shape index (κ2) is 3.51. The average molecular weight is 151 g/mol. The Morgan fingerprint density at radius 3 is 2.73 bits per heavy atom. The van der Waals surface area contributed by atoms with E-state index in [4.69, 9.17) is 0 Å². The van der Waals surface area contributed by atoms with Crippen molar-refractivity contribution >= 4 is 0 Å².